The van der Waals surface area contributed by atoms with Crippen LogP contribution in [0.1, 0.15) is 26.2 Å². The summed E-state index contributed by atoms with van der Waals surface area (Å²) < 4.78 is 1.80. The highest BCUT2D eigenvalue weighted by Crippen LogP contribution is 2.42. The summed E-state index contributed by atoms with van der Waals surface area (Å²) >= 11 is 7.41. The normalized spacial score (nSPS) is 16.0. The van der Waals surface area contributed by atoms with Crippen molar-refractivity contribution in [2.45, 2.75) is 36.6 Å². The lowest BCUT2D eigenvalue weighted by Gasteiger charge is -2.40. The molecule has 1 fully saturated rings. The van der Waals surface area contributed by atoms with Gasteiger partial charge in [0.25, 0.3) is 10.9 Å². The number of hydrogen-bond donors (Lipinski definition) is 3. The summed E-state index contributed by atoms with van der Waals surface area (Å²) in [4.78, 5) is 24.4. The van der Waals surface area contributed by atoms with Crippen LogP contribution < -0.4 is 21.5 Å². The first-order chi connectivity index (χ1) is 11.7. The number of anilines is 3. The molecule has 0 radical (unpaired) electrons. The van der Waals surface area contributed by atoms with Crippen molar-refractivity contribution in [2.75, 3.05) is 24.7 Å². The van der Waals surface area contributed by atoms with E-state index in [1.54, 1.807) is 16.4 Å². The minimum absolute atomic E-state index is 0.0555. The number of nitrogens with zero attached hydrogens (tertiary/aromatic N) is 1. The molecule has 1 aliphatic rings. The van der Waals surface area contributed by atoms with Crippen molar-refractivity contribution in [3.8, 4) is 5.75 Å². The summed E-state index contributed by atoms with van der Waals surface area (Å²) in [5, 5.41) is 17.0. The third-order valence-electron chi connectivity index (χ3n) is 4.41. The van der Waals surface area contributed by atoms with E-state index >= 15 is 0 Å². The number of hydrogen-bond acceptors (Lipinski definition) is 7. The van der Waals surface area contributed by atoms with E-state index in [1.807, 2.05) is 21.0 Å². The van der Waals surface area contributed by atoms with Gasteiger partial charge in [-0.25, -0.2) is 0 Å². The zero-order valence-corrected chi connectivity index (χ0v) is 15.8. The van der Waals surface area contributed by atoms with E-state index < -0.39 is 10.9 Å². The molecule has 2 aromatic rings. The van der Waals surface area contributed by atoms with Gasteiger partial charge in [-0.15, -0.1) is 0 Å². The van der Waals surface area contributed by atoms with E-state index in [-0.39, 0.29) is 17.0 Å². The maximum absolute atomic E-state index is 12.0. The number of phenolic OH excluding ortho intramolecular Hbond substituents is 1. The van der Waals surface area contributed by atoms with Gasteiger partial charge in [-0.1, -0.05) is 11.6 Å². The van der Waals surface area contributed by atoms with Crippen LogP contribution in [0.5, 0.6) is 5.75 Å². The third kappa shape index (κ3) is 3.36. The average molecular weight is 382 g/mol. The summed E-state index contributed by atoms with van der Waals surface area (Å²) in [5.74, 6) is -0.0555. The molecule has 1 saturated carbocycles. The molecule has 0 saturated heterocycles. The highest BCUT2D eigenvalue weighted by Gasteiger charge is 2.35. The Bertz CT molecular complexity index is 886. The molecule has 2 aromatic carbocycles. The van der Waals surface area contributed by atoms with E-state index in [1.165, 1.54) is 11.9 Å². The predicted octanol–water partition coefficient (Wildman–Crippen LogP) is 3.31. The van der Waals surface area contributed by atoms with Crippen molar-refractivity contribution in [3.05, 3.63) is 37.6 Å². The zero-order chi connectivity index (χ0) is 18.4. The average Bonchev–Trinajstić information content (AvgIpc) is 2.54. The van der Waals surface area contributed by atoms with Gasteiger partial charge in [-0.05, 0) is 64.4 Å². The van der Waals surface area contributed by atoms with E-state index in [2.05, 4.69) is 10.6 Å². The summed E-state index contributed by atoms with van der Waals surface area (Å²) in [6, 6.07) is 3.23. The molecule has 25 heavy (non-hydrogen) atoms. The Morgan fingerprint density at radius 2 is 1.84 bits per heavy atom. The fraction of sp³-hybridized carbons (Fsp3) is 0.412. The first-order valence-electron chi connectivity index (χ1n) is 7.97. The van der Waals surface area contributed by atoms with Gasteiger partial charge in [0.15, 0.2) is 5.75 Å². The molecule has 0 aromatic heterocycles. The topological polar surface area (TPSA) is 81.7 Å². The Balaban J connectivity index is 1.90. The van der Waals surface area contributed by atoms with E-state index in [0.717, 1.165) is 19.3 Å². The fourth-order valence-electron chi connectivity index (χ4n) is 2.82. The molecule has 0 atom stereocenters. The van der Waals surface area contributed by atoms with E-state index in [4.69, 9.17) is 11.6 Å². The van der Waals surface area contributed by atoms with Crippen LogP contribution in [0, 0.1) is 0 Å². The van der Waals surface area contributed by atoms with Gasteiger partial charge in [0.1, 0.15) is 11.4 Å². The van der Waals surface area contributed by atoms with Crippen LogP contribution in [-0.2, 0) is 0 Å². The number of halogens is 1. The third-order valence-corrected chi connectivity index (χ3v) is 5.80. The second-order valence-electron chi connectivity index (χ2n) is 6.75. The lowest BCUT2D eigenvalue weighted by Crippen LogP contribution is -2.47. The number of nitrogens with one attached hydrogen (secondary N) is 2. The number of rotatable bonds is 6. The quantitative estimate of drug-likeness (QED) is 0.402. The standard InChI is InChI=1S/C17H20ClN3O3S/c1-17(7-4-8-17)20-12-11(14(23)15(12)24)19-10-6-5-9(18)16(13(10)22)25-21(2)3/h5-6,19-20,22H,4,7-8H2,1-3H3. The molecule has 0 amide bonds. The Morgan fingerprint density at radius 3 is 2.40 bits per heavy atom. The van der Waals surface area contributed by atoms with Gasteiger partial charge in [-0.2, -0.15) is 0 Å². The van der Waals surface area contributed by atoms with Gasteiger partial charge < -0.3 is 15.7 Å². The van der Waals surface area contributed by atoms with Gasteiger partial charge in [0.05, 0.1) is 15.6 Å². The van der Waals surface area contributed by atoms with Crippen molar-refractivity contribution in [3.63, 3.8) is 0 Å². The molecule has 3 N–H and O–H groups in total. The number of phenols is 1. The van der Waals surface area contributed by atoms with Crippen molar-refractivity contribution < 1.29 is 5.11 Å². The first-order valence-corrected chi connectivity index (χ1v) is 9.12. The van der Waals surface area contributed by atoms with E-state index in [9.17, 15) is 14.7 Å². The van der Waals surface area contributed by atoms with Crippen LogP contribution in [0.25, 0.3) is 0 Å². The van der Waals surface area contributed by atoms with Crippen LogP contribution in [0.15, 0.2) is 26.6 Å². The van der Waals surface area contributed by atoms with Crippen LogP contribution in [-0.4, -0.2) is 29.0 Å². The smallest absolute Gasteiger partial charge is 0.253 e. The fourth-order valence-corrected chi connectivity index (χ4v) is 3.79. The molecule has 134 valence electrons. The Morgan fingerprint density at radius 1 is 1.20 bits per heavy atom. The van der Waals surface area contributed by atoms with Crippen molar-refractivity contribution in [1.82, 2.24) is 4.31 Å². The van der Waals surface area contributed by atoms with E-state index in [0.29, 0.717) is 21.3 Å². The molecule has 0 heterocycles. The maximum Gasteiger partial charge on any atom is 0.253 e. The lowest BCUT2D eigenvalue weighted by molar-refractivity contribution is 0.306. The minimum atomic E-state index is -0.582. The van der Waals surface area contributed by atoms with Crippen LogP contribution >= 0.6 is 23.5 Å². The van der Waals surface area contributed by atoms with Crippen LogP contribution in [0.4, 0.5) is 17.1 Å². The molecule has 8 heteroatoms. The Labute approximate surface area is 155 Å². The molecular formula is C17H20ClN3O3S. The molecule has 0 aliphatic heterocycles. The number of benzene rings is 1. The van der Waals surface area contributed by atoms with Crippen molar-refractivity contribution in [2.24, 2.45) is 0 Å². The first kappa shape index (κ1) is 18.1. The van der Waals surface area contributed by atoms with Crippen molar-refractivity contribution >= 4 is 40.6 Å². The molecular weight excluding hydrogens is 362 g/mol. The molecule has 6 nitrogen and oxygen atoms in total. The summed E-state index contributed by atoms with van der Waals surface area (Å²) in [5.41, 5.74) is -0.428. The highest BCUT2D eigenvalue weighted by molar-refractivity contribution is 7.97. The zero-order valence-electron chi connectivity index (χ0n) is 14.3. The lowest BCUT2D eigenvalue weighted by atomic mass is 9.78. The predicted molar refractivity (Wildman–Crippen MR) is 103 cm³/mol. The van der Waals surface area contributed by atoms with Crippen LogP contribution in [0.3, 0.4) is 0 Å². The monoisotopic (exact) mass is 381 g/mol. The maximum atomic E-state index is 12.0. The molecule has 0 spiro atoms. The molecule has 0 unspecified atom stereocenters. The Kier molecular flexibility index (Phi) is 4.74. The Hall–Kier alpha value is -1.70. The molecule has 1 aliphatic carbocycles. The van der Waals surface area contributed by atoms with Crippen LogP contribution in [0.2, 0.25) is 5.02 Å². The second-order valence-corrected chi connectivity index (χ2v) is 8.48. The van der Waals surface area contributed by atoms with Gasteiger partial charge in [0, 0.05) is 5.54 Å². The second kappa shape index (κ2) is 6.55. The summed E-state index contributed by atoms with van der Waals surface area (Å²) in [7, 11) is 3.66. The number of aromatic hydroxyl groups is 1. The van der Waals surface area contributed by atoms with Gasteiger partial charge in [0.2, 0.25) is 0 Å². The van der Waals surface area contributed by atoms with Crippen molar-refractivity contribution in [1.29, 1.82) is 0 Å². The summed E-state index contributed by atoms with van der Waals surface area (Å²) in [6.45, 7) is 2.03. The highest BCUT2D eigenvalue weighted by atomic mass is 35.5. The largest absolute Gasteiger partial charge is 0.505 e. The molecule has 0 bridgehead atoms. The minimum Gasteiger partial charge on any atom is -0.505 e. The van der Waals surface area contributed by atoms with Gasteiger partial charge in [-0.3, -0.25) is 13.9 Å². The van der Waals surface area contributed by atoms with Gasteiger partial charge >= 0.3 is 0 Å². The summed E-state index contributed by atoms with van der Waals surface area (Å²) in [6.07, 6.45) is 3.02. The molecule has 3 rings (SSSR count). The SMILES string of the molecule is CN(C)Sc1c(Cl)ccc(Nc2c(NC3(C)CCC3)c(=O)c2=O)c1O.